The second kappa shape index (κ2) is 4.42. The predicted octanol–water partition coefficient (Wildman–Crippen LogP) is 3.66. The van der Waals surface area contributed by atoms with E-state index in [1.807, 2.05) is 0 Å². The zero-order chi connectivity index (χ0) is 8.91. The first-order valence-electron chi connectivity index (χ1n) is 4.34. The smallest absolute Gasteiger partial charge is 0.0851 e. The van der Waals surface area contributed by atoms with Gasteiger partial charge in [0.2, 0.25) is 0 Å². The lowest BCUT2D eigenvalue weighted by atomic mass is 9.85. The van der Waals surface area contributed by atoms with E-state index in [1.165, 1.54) is 12.8 Å². The van der Waals surface area contributed by atoms with Gasteiger partial charge in [0, 0.05) is 6.42 Å². The molecule has 0 amide bonds. The molecule has 0 aromatic heterocycles. The first-order chi connectivity index (χ1) is 4.98. The molecule has 0 rings (SSSR count). The molecule has 0 atom stereocenters. The molecule has 0 fully saturated rings. The number of rotatable bonds is 5. The Kier molecular flexibility index (Phi) is 4.24. The lowest BCUT2D eigenvalue weighted by Crippen LogP contribution is -2.08. The highest BCUT2D eigenvalue weighted by Gasteiger charge is 2.13. The molecule has 0 aromatic carbocycles. The van der Waals surface area contributed by atoms with Crippen molar-refractivity contribution in [3.8, 4) is 0 Å². The van der Waals surface area contributed by atoms with Gasteiger partial charge in [-0.1, -0.05) is 33.8 Å². The molecule has 11 heavy (non-hydrogen) atoms. The standard InChI is InChI=1S/C10H20O/c1-5-10(3,4)8-6-7-9(2)11/h11H,2,5-8H2,1,3-4H3. The summed E-state index contributed by atoms with van der Waals surface area (Å²) in [5.41, 5.74) is 0.426. The Morgan fingerprint density at radius 3 is 2.36 bits per heavy atom. The highest BCUT2D eigenvalue weighted by molar-refractivity contribution is 4.79. The molecule has 0 heterocycles. The minimum atomic E-state index is 0.317. The molecule has 0 aliphatic carbocycles. The summed E-state index contributed by atoms with van der Waals surface area (Å²) in [5.74, 6) is 0.317. The Bertz CT molecular complexity index is 125. The molecule has 0 aliphatic heterocycles. The van der Waals surface area contributed by atoms with Gasteiger partial charge in [-0.25, -0.2) is 0 Å². The summed E-state index contributed by atoms with van der Waals surface area (Å²) in [6.45, 7) is 10.2. The van der Waals surface area contributed by atoms with Crippen molar-refractivity contribution in [1.29, 1.82) is 0 Å². The van der Waals surface area contributed by atoms with Crippen LogP contribution in [0.2, 0.25) is 0 Å². The maximum Gasteiger partial charge on any atom is 0.0851 e. The van der Waals surface area contributed by atoms with E-state index in [-0.39, 0.29) is 0 Å². The molecule has 0 unspecified atom stereocenters. The van der Waals surface area contributed by atoms with E-state index in [1.54, 1.807) is 0 Å². The maximum atomic E-state index is 8.83. The SMILES string of the molecule is C=C(O)CCCC(C)(C)CC. The molecule has 1 nitrogen and oxygen atoms in total. The fraction of sp³-hybridized carbons (Fsp3) is 0.800. The Hall–Kier alpha value is -0.460. The quantitative estimate of drug-likeness (QED) is 0.602. The van der Waals surface area contributed by atoms with Crippen LogP contribution >= 0.6 is 0 Å². The fourth-order valence-electron chi connectivity index (χ4n) is 0.948. The average Bonchev–Trinajstić information content (AvgIpc) is 1.87. The summed E-state index contributed by atoms with van der Waals surface area (Å²) >= 11 is 0. The first kappa shape index (κ1) is 10.5. The van der Waals surface area contributed by atoms with Gasteiger partial charge >= 0.3 is 0 Å². The van der Waals surface area contributed by atoms with Crippen molar-refractivity contribution < 1.29 is 5.11 Å². The van der Waals surface area contributed by atoms with Crippen molar-refractivity contribution in [2.24, 2.45) is 5.41 Å². The molecule has 0 radical (unpaired) electrons. The molecule has 0 spiro atoms. The van der Waals surface area contributed by atoms with Gasteiger partial charge in [0.15, 0.2) is 0 Å². The van der Waals surface area contributed by atoms with E-state index < -0.39 is 0 Å². The van der Waals surface area contributed by atoms with Crippen LogP contribution in [0.1, 0.15) is 46.5 Å². The van der Waals surface area contributed by atoms with Gasteiger partial charge in [-0.3, -0.25) is 0 Å². The lowest BCUT2D eigenvalue weighted by Gasteiger charge is -2.21. The van der Waals surface area contributed by atoms with E-state index in [4.69, 9.17) is 5.11 Å². The molecule has 0 saturated carbocycles. The highest BCUT2D eigenvalue weighted by atomic mass is 16.3. The van der Waals surface area contributed by atoms with Crippen molar-refractivity contribution >= 4 is 0 Å². The summed E-state index contributed by atoms with van der Waals surface area (Å²) in [6, 6.07) is 0. The van der Waals surface area contributed by atoms with Gasteiger partial charge in [-0.05, 0) is 18.3 Å². The van der Waals surface area contributed by atoms with Gasteiger partial charge in [0.25, 0.3) is 0 Å². The molecule has 0 aromatic rings. The highest BCUT2D eigenvalue weighted by Crippen LogP contribution is 2.27. The third-order valence-electron chi connectivity index (χ3n) is 2.28. The van der Waals surface area contributed by atoms with Gasteiger partial charge in [0.1, 0.15) is 0 Å². The largest absolute Gasteiger partial charge is 0.513 e. The van der Waals surface area contributed by atoms with Crippen molar-refractivity contribution in [3.05, 3.63) is 12.3 Å². The number of hydrogen-bond donors (Lipinski definition) is 1. The maximum absolute atomic E-state index is 8.83. The van der Waals surface area contributed by atoms with Crippen LogP contribution < -0.4 is 0 Å². The molecule has 0 aliphatic rings. The van der Waals surface area contributed by atoms with E-state index >= 15 is 0 Å². The summed E-state index contributed by atoms with van der Waals surface area (Å²) < 4.78 is 0. The van der Waals surface area contributed by atoms with Crippen LogP contribution in [-0.2, 0) is 0 Å². The van der Waals surface area contributed by atoms with Gasteiger partial charge < -0.3 is 5.11 Å². The molecule has 1 heteroatoms. The zero-order valence-corrected chi connectivity index (χ0v) is 7.98. The van der Waals surface area contributed by atoms with Crippen LogP contribution in [0.4, 0.5) is 0 Å². The Balaban J connectivity index is 3.45. The van der Waals surface area contributed by atoms with E-state index in [2.05, 4.69) is 27.4 Å². The third-order valence-corrected chi connectivity index (χ3v) is 2.28. The minimum Gasteiger partial charge on any atom is -0.513 e. The number of hydrogen-bond acceptors (Lipinski definition) is 1. The van der Waals surface area contributed by atoms with E-state index in [0.717, 1.165) is 12.8 Å². The Morgan fingerprint density at radius 1 is 1.45 bits per heavy atom. The van der Waals surface area contributed by atoms with Gasteiger partial charge in [-0.2, -0.15) is 0 Å². The Labute approximate surface area is 70.1 Å². The third kappa shape index (κ3) is 5.96. The van der Waals surface area contributed by atoms with Crippen molar-refractivity contribution in [2.45, 2.75) is 46.5 Å². The summed E-state index contributed by atoms with van der Waals surface area (Å²) in [7, 11) is 0. The molecule has 0 saturated heterocycles. The molecule has 66 valence electrons. The van der Waals surface area contributed by atoms with Crippen molar-refractivity contribution in [2.75, 3.05) is 0 Å². The van der Waals surface area contributed by atoms with Crippen LogP contribution in [-0.4, -0.2) is 5.11 Å². The number of allylic oxidation sites excluding steroid dienone is 1. The van der Waals surface area contributed by atoms with E-state index in [9.17, 15) is 0 Å². The predicted molar refractivity (Wildman–Crippen MR) is 49.7 cm³/mol. The first-order valence-corrected chi connectivity index (χ1v) is 4.34. The summed E-state index contributed by atoms with van der Waals surface area (Å²) in [6.07, 6.45) is 4.17. The van der Waals surface area contributed by atoms with Crippen LogP contribution in [0.3, 0.4) is 0 Å². The average molecular weight is 156 g/mol. The minimum absolute atomic E-state index is 0.317. The molecule has 0 bridgehead atoms. The van der Waals surface area contributed by atoms with E-state index in [0.29, 0.717) is 11.2 Å². The second-order valence-electron chi connectivity index (χ2n) is 3.94. The second-order valence-corrected chi connectivity index (χ2v) is 3.94. The Morgan fingerprint density at radius 2 is 2.00 bits per heavy atom. The molecule has 1 N–H and O–H groups in total. The summed E-state index contributed by atoms with van der Waals surface area (Å²) in [4.78, 5) is 0. The fourth-order valence-corrected chi connectivity index (χ4v) is 0.948. The summed E-state index contributed by atoms with van der Waals surface area (Å²) in [5, 5.41) is 8.83. The zero-order valence-electron chi connectivity index (χ0n) is 7.98. The van der Waals surface area contributed by atoms with Crippen LogP contribution in [0.5, 0.6) is 0 Å². The van der Waals surface area contributed by atoms with Crippen LogP contribution in [0.25, 0.3) is 0 Å². The van der Waals surface area contributed by atoms with Gasteiger partial charge in [0.05, 0.1) is 5.76 Å². The van der Waals surface area contributed by atoms with Crippen molar-refractivity contribution in [1.82, 2.24) is 0 Å². The number of aliphatic hydroxyl groups is 1. The monoisotopic (exact) mass is 156 g/mol. The lowest BCUT2D eigenvalue weighted by molar-refractivity contribution is 0.299. The molecular weight excluding hydrogens is 136 g/mol. The van der Waals surface area contributed by atoms with Crippen LogP contribution in [0.15, 0.2) is 12.3 Å². The van der Waals surface area contributed by atoms with Crippen LogP contribution in [0, 0.1) is 5.41 Å². The molecular formula is C10H20O. The normalized spacial score (nSPS) is 11.5. The number of aliphatic hydroxyl groups excluding tert-OH is 1. The topological polar surface area (TPSA) is 20.2 Å². The van der Waals surface area contributed by atoms with Crippen molar-refractivity contribution in [3.63, 3.8) is 0 Å². The van der Waals surface area contributed by atoms with Gasteiger partial charge in [-0.15, -0.1) is 0 Å².